The molecule has 0 bridgehead atoms. The molecule has 1 unspecified atom stereocenters. The highest BCUT2D eigenvalue weighted by Crippen LogP contribution is 2.14. The molecule has 1 saturated heterocycles. The van der Waals surface area contributed by atoms with Crippen LogP contribution in [-0.2, 0) is 0 Å². The standard InChI is InChI=1S/C11H14NO/c1-2-5-10(6-3-1)13-11-7-4-8-12-9-11/h1-3,5-6,11H,4,7-9H2. The largest absolute Gasteiger partial charge is 0.489 e. The molecule has 1 aliphatic heterocycles. The zero-order valence-electron chi connectivity index (χ0n) is 7.65. The smallest absolute Gasteiger partial charge is 0.119 e. The van der Waals surface area contributed by atoms with Crippen LogP contribution < -0.4 is 10.1 Å². The molecule has 0 amide bonds. The first kappa shape index (κ1) is 8.57. The fourth-order valence-electron chi connectivity index (χ4n) is 1.55. The number of piperidine rings is 1. The molecule has 2 rings (SSSR count). The molecule has 1 aliphatic rings. The summed E-state index contributed by atoms with van der Waals surface area (Å²) in [5.74, 6) is 0.963. The van der Waals surface area contributed by atoms with Crippen LogP contribution in [0, 0.1) is 0 Å². The SMILES string of the molecule is c1ccc(OC2CCC[N]C2)cc1. The van der Waals surface area contributed by atoms with Crippen molar-refractivity contribution in [2.24, 2.45) is 0 Å². The molecule has 0 N–H and O–H groups in total. The number of nitrogens with zero attached hydrogens (tertiary/aromatic N) is 1. The van der Waals surface area contributed by atoms with E-state index < -0.39 is 0 Å². The molecular weight excluding hydrogens is 162 g/mol. The van der Waals surface area contributed by atoms with E-state index >= 15 is 0 Å². The normalized spacial score (nSPS) is 22.6. The predicted molar refractivity (Wildman–Crippen MR) is 52.0 cm³/mol. The molecule has 13 heavy (non-hydrogen) atoms. The van der Waals surface area contributed by atoms with Gasteiger partial charge in [-0.1, -0.05) is 18.2 Å². The van der Waals surface area contributed by atoms with Gasteiger partial charge >= 0.3 is 0 Å². The minimum atomic E-state index is 0.302. The highest BCUT2D eigenvalue weighted by molar-refractivity contribution is 5.21. The molecule has 1 fully saturated rings. The van der Waals surface area contributed by atoms with Gasteiger partial charge in [-0.3, -0.25) is 0 Å². The number of benzene rings is 1. The maximum atomic E-state index is 5.76. The number of hydrogen-bond donors (Lipinski definition) is 0. The Kier molecular flexibility index (Phi) is 2.82. The Labute approximate surface area is 78.9 Å². The molecule has 1 atom stereocenters. The Morgan fingerprint density at radius 2 is 2.08 bits per heavy atom. The Hall–Kier alpha value is -1.02. The molecule has 0 saturated carbocycles. The first-order valence-electron chi connectivity index (χ1n) is 4.80. The highest BCUT2D eigenvalue weighted by atomic mass is 16.5. The number of rotatable bonds is 2. The van der Waals surface area contributed by atoms with Crippen molar-refractivity contribution in [3.63, 3.8) is 0 Å². The second-order valence-corrected chi connectivity index (χ2v) is 3.32. The molecule has 2 nitrogen and oxygen atoms in total. The van der Waals surface area contributed by atoms with Crippen LogP contribution in [0.3, 0.4) is 0 Å². The van der Waals surface area contributed by atoms with Crippen LogP contribution in [0.1, 0.15) is 12.8 Å². The van der Waals surface area contributed by atoms with Gasteiger partial charge in [-0.25, -0.2) is 5.32 Å². The Morgan fingerprint density at radius 1 is 1.23 bits per heavy atom. The van der Waals surface area contributed by atoms with Gasteiger partial charge in [0, 0.05) is 6.54 Å². The zero-order chi connectivity index (χ0) is 8.93. The maximum absolute atomic E-state index is 5.76. The van der Waals surface area contributed by atoms with Crippen molar-refractivity contribution in [1.29, 1.82) is 0 Å². The van der Waals surface area contributed by atoms with Gasteiger partial charge in [0.1, 0.15) is 11.9 Å². The van der Waals surface area contributed by atoms with E-state index in [2.05, 4.69) is 5.32 Å². The average molecular weight is 176 g/mol. The fourth-order valence-corrected chi connectivity index (χ4v) is 1.55. The van der Waals surface area contributed by atoms with Gasteiger partial charge < -0.3 is 4.74 Å². The van der Waals surface area contributed by atoms with Gasteiger partial charge in [0.15, 0.2) is 0 Å². The van der Waals surface area contributed by atoms with Crippen LogP contribution in [0.4, 0.5) is 0 Å². The molecule has 1 heterocycles. The molecule has 2 heteroatoms. The summed E-state index contributed by atoms with van der Waals surface area (Å²) in [6.45, 7) is 1.86. The first-order chi connectivity index (χ1) is 6.45. The summed E-state index contributed by atoms with van der Waals surface area (Å²) in [4.78, 5) is 0. The van der Waals surface area contributed by atoms with Gasteiger partial charge in [-0.2, -0.15) is 0 Å². The van der Waals surface area contributed by atoms with Gasteiger partial charge in [0.25, 0.3) is 0 Å². The summed E-state index contributed by atoms with van der Waals surface area (Å²) < 4.78 is 5.76. The summed E-state index contributed by atoms with van der Waals surface area (Å²) in [6, 6.07) is 9.98. The number of ether oxygens (including phenoxy) is 1. The van der Waals surface area contributed by atoms with Crippen LogP contribution in [0.2, 0.25) is 0 Å². The van der Waals surface area contributed by atoms with Crippen molar-refractivity contribution >= 4 is 0 Å². The van der Waals surface area contributed by atoms with Gasteiger partial charge in [-0.15, -0.1) is 0 Å². The van der Waals surface area contributed by atoms with Crippen LogP contribution in [0.15, 0.2) is 30.3 Å². The number of hydrogen-bond acceptors (Lipinski definition) is 1. The van der Waals surface area contributed by atoms with Crippen LogP contribution in [-0.4, -0.2) is 19.2 Å². The summed E-state index contributed by atoms with van der Waals surface area (Å²) in [7, 11) is 0. The van der Waals surface area contributed by atoms with E-state index in [-0.39, 0.29) is 0 Å². The number of para-hydroxylation sites is 1. The van der Waals surface area contributed by atoms with Crippen molar-refractivity contribution in [3.05, 3.63) is 30.3 Å². The summed E-state index contributed by atoms with van der Waals surface area (Å²) in [6.07, 6.45) is 2.60. The third-order valence-corrected chi connectivity index (χ3v) is 2.22. The maximum Gasteiger partial charge on any atom is 0.119 e. The molecule has 1 aromatic carbocycles. The summed E-state index contributed by atoms with van der Waals surface area (Å²) in [5, 5.41) is 4.33. The fraction of sp³-hybridized carbons (Fsp3) is 0.455. The van der Waals surface area contributed by atoms with Crippen LogP contribution >= 0.6 is 0 Å². The molecule has 0 aromatic heterocycles. The Bertz CT molecular complexity index is 242. The predicted octanol–water partition coefficient (Wildman–Crippen LogP) is 1.83. The van der Waals surface area contributed by atoms with E-state index in [1.807, 2.05) is 30.3 Å². The molecular formula is C11H14NO. The van der Waals surface area contributed by atoms with Crippen molar-refractivity contribution < 1.29 is 4.74 Å². The van der Waals surface area contributed by atoms with E-state index in [1.165, 1.54) is 0 Å². The minimum Gasteiger partial charge on any atom is -0.489 e. The van der Waals surface area contributed by atoms with Gasteiger partial charge in [0.2, 0.25) is 0 Å². The topological polar surface area (TPSA) is 23.3 Å². The summed E-state index contributed by atoms with van der Waals surface area (Å²) >= 11 is 0. The lowest BCUT2D eigenvalue weighted by molar-refractivity contribution is 0.165. The Balaban J connectivity index is 1.90. The second kappa shape index (κ2) is 4.28. The Morgan fingerprint density at radius 3 is 2.77 bits per heavy atom. The van der Waals surface area contributed by atoms with Gasteiger partial charge in [0.05, 0.1) is 6.54 Å². The van der Waals surface area contributed by atoms with E-state index in [1.54, 1.807) is 0 Å². The average Bonchev–Trinajstić information content (AvgIpc) is 2.21. The highest BCUT2D eigenvalue weighted by Gasteiger charge is 2.14. The van der Waals surface area contributed by atoms with E-state index in [0.717, 1.165) is 31.7 Å². The van der Waals surface area contributed by atoms with E-state index in [9.17, 15) is 0 Å². The lowest BCUT2D eigenvalue weighted by atomic mass is 10.1. The third kappa shape index (κ3) is 2.46. The molecule has 69 valence electrons. The lowest BCUT2D eigenvalue weighted by Crippen LogP contribution is -2.32. The monoisotopic (exact) mass is 176 g/mol. The lowest BCUT2D eigenvalue weighted by Gasteiger charge is -2.22. The van der Waals surface area contributed by atoms with Crippen molar-refractivity contribution in [2.45, 2.75) is 18.9 Å². The van der Waals surface area contributed by atoms with Crippen molar-refractivity contribution in [1.82, 2.24) is 5.32 Å². The minimum absolute atomic E-state index is 0.302. The van der Waals surface area contributed by atoms with Crippen molar-refractivity contribution in [3.8, 4) is 5.75 Å². The van der Waals surface area contributed by atoms with Crippen molar-refractivity contribution in [2.75, 3.05) is 13.1 Å². The zero-order valence-corrected chi connectivity index (χ0v) is 7.65. The molecule has 1 radical (unpaired) electrons. The summed E-state index contributed by atoms with van der Waals surface area (Å²) in [5.41, 5.74) is 0. The van der Waals surface area contributed by atoms with E-state index in [0.29, 0.717) is 6.10 Å². The molecule has 1 aromatic rings. The molecule has 0 spiro atoms. The second-order valence-electron chi connectivity index (χ2n) is 3.32. The quantitative estimate of drug-likeness (QED) is 0.674. The first-order valence-corrected chi connectivity index (χ1v) is 4.80. The van der Waals surface area contributed by atoms with Gasteiger partial charge in [-0.05, 0) is 25.0 Å². The van der Waals surface area contributed by atoms with E-state index in [4.69, 9.17) is 4.74 Å². The third-order valence-electron chi connectivity index (χ3n) is 2.22. The molecule has 0 aliphatic carbocycles. The van der Waals surface area contributed by atoms with Crippen LogP contribution in [0.5, 0.6) is 5.75 Å². The van der Waals surface area contributed by atoms with Crippen LogP contribution in [0.25, 0.3) is 0 Å².